The number of hydrogen-bond acceptors (Lipinski definition) is 3. The quantitative estimate of drug-likeness (QED) is 0.726. The van der Waals surface area contributed by atoms with Crippen molar-refractivity contribution < 1.29 is 4.39 Å². The summed E-state index contributed by atoms with van der Waals surface area (Å²) in [6.07, 6.45) is 0. The molecule has 1 heterocycles. The van der Waals surface area contributed by atoms with E-state index in [0.29, 0.717) is 5.52 Å². The van der Waals surface area contributed by atoms with Crippen LogP contribution in [0.5, 0.6) is 0 Å². The highest BCUT2D eigenvalue weighted by Crippen LogP contribution is 2.31. The highest BCUT2D eigenvalue weighted by atomic mass is 35.5. The van der Waals surface area contributed by atoms with E-state index in [-0.39, 0.29) is 5.02 Å². The molecule has 0 atom stereocenters. The Bertz CT molecular complexity index is 658. The van der Waals surface area contributed by atoms with Crippen molar-refractivity contribution in [2.75, 3.05) is 5.32 Å². The summed E-state index contributed by atoms with van der Waals surface area (Å²) in [5.41, 5.74) is 1.65. The van der Waals surface area contributed by atoms with Crippen LogP contribution in [-0.2, 0) is 0 Å². The van der Waals surface area contributed by atoms with Crippen molar-refractivity contribution in [2.45, 2.75) is 0 Å². The Labute approximate surface area is 112 Å². The van der Waals surface area contributed by atoms with Crippen molar-refractivity contribution in [2.24, 2.45) is 0 Å². The monoisotopic (exact) mass is 278 g/mol. The molecular formula is C13H8ClFN2S. The van der Waals surface area contributed by atoms with E-state index < -0.39 is 5.82 Å². The van der Waals surface area contributed by atoms with Crippen molar-refractivity contribution in [3.63, 3.8) is 0 Å². The average Bonchev–Trinajstić information content (AvgIpc) is 2.72. The van der Waals surface area contributed by atoms with E-state index in [9.17, 15) is 4.39 Å². The molecule has 0 aliphatic heterocycles. The number of rotatable bonds is 2. The first kappa shape index (κ1) is 11.4. The number of hydrogen-bond donors (Lipinski definition) is 1. The van der Waals surface area contributed by atoms with Crippen molar-refractivity contribution in [3.05, 3.63) is 53.3 Å². The van der Waals surface area contributed by atoms with Crippen LogP contribution in [0.1, 0.15) is 0 Å². The predicted octanol–water partition coefficient (Wildman–Crippen LogP) is 4.83. The topological polar surface area (TPSA) is 24.9 Å². The lowest BCUT2D eigenvalue weighted by Gasteiger charge is -1.99. The maximum atomic E-state index is 13.3. The van der Waals surface area contributed by atoms with E-state index in [1.807, 2.05) is 30.3 Å². The molecule has 18 heavy (non-hydrogen) atoms. The van der Waals surface area contributed by atoms with Crippen LogP contribution in [0.15, 0.2) is 42.5 Å². The second kappa shape index (κ2) is 4.55. The van der Waals surface area contributed by atoms with Crippen molar-refractivity contribution in [1.29, 1.82) is 0 Å². The summed E-state index contributed by atoms with van der Waals surface area (Å²) in [6.45, 7) is 0. The third-order valence-electron chi connectivity index (χ3n) is 2.46. The molecule has 0 saturated heterocycles. The zero-order valence-corrected chi connectivity index (χ0v) is 10.7. The van der Waals surface area contributed by atoms with Gasteiger partial charge in [0.15, 0.2) is 5.13 Å². The zero-order valence-electron chi connectivity index (χ0n) is 9.15. The van der Waals surface area contributed by atoms with E-state index >= 15 is 0 Å². The first-order chi connectivity index (χ1) is 8.72. The van der Waals surface area contributed by atoms with Crippen LogP contribution in [-0.4, -0.2) is 4.98 Å². The van der Waals surface area contributed by atoms with Crippen LogP contribution in [0.25, 0.3) is 10.2 Å². The third kappa shape index (κ3) is 2.17. The lowest BCUT2D eigenvalue weighted by atomic mass is 10.3. The van der Waals surface area contributed by atoms with Gasteiger partial charge in [-0.1, -0.05) is 41.1 Å². The Morgan fingerprint density at radius 1 is 1.17 bits per heavy atom. The Morgan fingerprint density at radius 3 is 2.72 bits per heavy atom. The Morgan fingerprint density at radius 2 is 1.94 bits per heavy atom. The molecule has 0 aliphatic carbocycles. The molecule has 2 aromatic carbocycles. The van der Waals surface area contributed by atoms with E-state index in [1.165, 1.54) is 17.4 Å². The number of thiazole rings is 1. The summed E-state index contributed by atoms with van der Waals surface area (Å²) in [5.74, 6) is -0.418. The first-order valence-electron chi connectivity index (χ1n) is 5.30. The number of halogens is 2. The molecule has 1 N–H and O–H groups in total. The number of benzene rings is 2. The minimum Gasteiger partial charge on any atom is -0.332 e. The second-order valence-electron chi connectivity index (χ2n) is 3.74. The number of fused-ring (bicyclic) bond motifs is 1. The van der Waals surface area contributed by atoms with Crippen LogP contribution in [0.2, 0.25) is 5.02 Å². The molecule has 0 saturated carbocycles. The van der Waals surface area contributed by atoms with Gasteiger partial charge in [0.25, 0.3) is 0 Å². The Balaban J connectivity index is 1.99. The molecule has 0 radical (unpaired) electrons. The molecule has 5 heteroatoms. The van der Waals surface area contributed by atoms with Gasteiger partial charge in [-0.25, -0.2) is 9.37 Å². The summed E-state index contributed by atoms with van der Waals surface area (Å²) < 4.78 is 14.1. The fourth-order valence-corrected chi connectivity index (χ4v) is 2.67. The largest absolute Gasteiger partial charge is 0.332 e. The van der Waals surface area contributed by atoms with Crippen LogP contribution >= 0.6 is 22.9 Å². The number of para-hydroxylation sites is 1. The van der Waals surface area contributed by atoms with Gasteiger partial charge in [-0.3, -0.25) is 0 Å². The number of anilines is 2. The maximum absolute atomic E-state index is 13.3. The van der Waals surface area contributed by atoms with Crippen LogP contribution in [0.3, 0.4) is 0 Å². The van der Waals surface area contributed by atoms with Crippen molar-refractivity contribution in [1.82, 2.24) is 4.98 Å². The van der Waals surface area contributed by atoms with Gasteiger partial charge in [-0.05, 0) is 24.3 Å². The minimum absolute atomic E-state index is 0.0964. The molecular weight excluding hydrogens is 271 g/mol. The van der Waals surface area contributed by atoms with E-state index in [4.69, 9.17) is 11.6 Å². The van der Waals surface area contributed by atoms with E-state index in [2.05, 4.69) is 10.3 Å². The van der Waals surface area contributed by atoms with Gasteiger partial charge in [-0.2, -0.15) is 0 Å². The standard InChI is InChI=1S/C13H8ClFN2S/c14-9-6-11-12(7-10(9)15)18-13(17-11)16-8-4-2-1-3-5-8/h1-7H,(H,16,17). The third-order valence-corrected chi connectivity index (χ3v) is 3.68. The van der Waals surface area contributed by atoms with Crippen LogP contribution < -0.4 is 5.32 Å². The number of nitrogens with zero attached hydrogens (tertiary/aromatic N) is 1. The van der Waals surface area contributed by atoms with Crippen molar-refractivity contribution in [3.8, 4) is 0 Å². The summed E-state index contributed by atoms with van der Waals surface area (Å²) in [7, 11) is 0. The fourth-order valence-electron chi connectivity index (χ4n) is 1.62. The number of aromatic nitrogens is 1. The molecule has 0 unspecified atom stereocenters. The molecule has 3 aromatic rings. The highest BCUT2D eigenvalue weighted by Gasteiger charge is 2.08. The molecule has 90 valence electrons. The highest BCUT2D eigenvalue weighted by molar-refractivity contribution is 7.22. The lowest BCUT2D eigenvalue weighted by molar-refractivity contribution is 0.630. The van der Waals surface area contributed by atoms with Crippen LogP contribution in [0, 0.1) is 5.82 Å². The maximum Gasteiger partial charge on any atom is 0.188 e. The second-order valence-corrected chi connectivity index (χ2v) is 5.18. The zero-order chi connectivity index (χ0) is 12.5. The SMILES string of the molecule is Fc1cc2sc(Nc3ccccc3)nc2cc1Cl. The van der Waals surface area contributed by atoms with Crippen molar-refractivity contribution >= 4 is 44.0 Å². The molecule has 0 bridgehead atoms. The van der Waals surface area contributed by atoms with Gasteiger partial charge in [0.05, 0.1) is 15.2 Å². The van der Waals surface area contributed by atoms with Gasteiger partial charge < -0.3 is 5.32 Å². The number of nitrogens with one attached hydrogen (secondary N) is 1. The molecule has 3 rings (SSSR count). The van der Waals surface area contributed by atoms with Crippen LogP contribution in [0.4, 0.5) is 15.2 Å². The molecule has 1 aromatic heterocycles. The smallest absolute Gasteiger partial charge is 0.188 e. The van der Waals surface area contributed by atoms with E-state index in [0.717, 1.165) is 15.5 Å². The molecule has 0 amide bonds. The van der Waals surface area contributed by atoms with Gasteiger partial charge in [0.1, 0.15) is 5.82 Å². The summed E-state index contributed by atoms with van der Waals surface area (Å²) in [5, 5.41) is 3.99. The van der Waals surface area contributed by atoms with Gasteiger partial charge >= 0.3 is 0 Å². The summed E-state index contributed by atoms with van der Waals surface area (Å²) >= 11 is 7.12. The summed E-state index contributed by atoms with van der Waals surface area (Å²) in [6, 6.07) is 12.7. The van der Waals surface area contributed by atoms with E-state index in [1.54, 1.807) is 6.07 Å². The Hall–Kier alpha value is -1.65. The summed E-state index contributed by atoms with van der Waals surface area (Å²) in [4.78, 5) is 4.37. The van der Waals surface area contributed by atoms with Gasteiger partial charge in [0, 0.05) is 5.69 Å². The molecule has 0 aliphatic rings. The van der Waals surface area contributed by atoms with Gasteiger partial charge in [0.2, 0.25) is 0 Å². The minimum atomic E-state index is -0.418. The van der Waals surface area contributed by atoms with Gasteiger partial charge in [-0.15, -0.1) is 0 Å². The predicted molar refractivity (Wildman–Crippen MR) is 74.3 cm³/mol. The fraction of sp³-hybridized carbons (Fsp3) is 0. The molecule has 2 nitrogen and oxygen atoms in total. The molecule has 0 spiro atoms. The normalized spacial score (nSPS) is 10.8. The lowest BCUT2D eigenvalue weighted by Crippen LogP contribution is -1.87. The Kier molecular flexibility index (Phi) is 2.89. The average molecular weight is 279 g/mol. The first-order valence-corrected chi connectivity index (χ1v) is 6.49. The molecule has 0 fully saturated rings.